The highest BCUT2D eigenvalue weighted by Gasteiger charge is 2.40. The number of carbonyl (C=O) groups excluding carboxylic acids is 4. The molecule has 4 amide bonds. The van der Waals surface area contributed by atoms with Crippen LogP contribution in [-0.4, -0.2) is 54.3 Å². The molecular weight excluding hydrogens is 479 g/mol. The van der Waals surface area contributed by atoms with Crippen LogP contribution in [0.5, 0.6) is 5.75 Å². The Labute approximate surface area is 213 Å². The molecule has 0 spiro atoms. The largest absolute Gasteiger partial charge is 0.493 e. The van der Waals surface area contributed by atoms with Gasteiger partial charge in [-0.15, -0.1) is 0 Å². The number of carbonyl (C=O) groups is 4. The van der Waals surface area contributed by atoms with Crippen LogP contribution < -0.4 is 20.7 Å². The Balaban J connectivity index is 1.16. The van der Waals surface area contributed by atoms with Gasteiger partial charge in [-0.25, -0.2) is 4.39 Å². The fourth-order valence-corrected chi connectivity index (χ4v) is 5.46. The van der Waals surface area contributed by atoms with Crippen LogP contribution in [-0.2, 0) is 16.1 Å². The fraction of sp³-hybridized carbons (Fsp3) is 0.407. The number of amides is 4. The van der Waals surface area contributed by atoms with E-state index in [9.17, 15) is 23.6 Å². The fourth-order valence-electron chi connectivity index (χ4n) is 5.46. The maximum Gasteiger partial charge on any atom is 0.255 e. The molecule has 3 aliphatic heterocycles. The molecule has 3 heterocycles. The Morgan fingerprint density at radius 3 is 2.59 bits per heavy atom. The van der Waals surface area contributed by atoms with E-state index in [0.29, 0.717) is 36.8 Å². The molecule has 2 aromatic rings. The predicted molar refractivity (Wildman–Crippen MR) is 132 cm³/mol. The van der Waals surface area contributed by atoms with Gasteiger partial charge in [0, 0.05) is 48.9 Å². The summed E-state index contributed by atoms with van der Waals surface area (Å²) < 4.78 is 19.6. The number of hydrogen-bond donors (Lipinski definition) is 2. The number of anilines is 1. The minimum absolute atomic E-state index is 0.158. The lowest BCUT2D eigenvalue weighted by atomic mass is 9.93. The highest BCUT2D eigenvalue weighted by molar-refractivity contribution is 6.06. The SMILES string of the molecule is NC(=O)c1ccc(OCCC2CCN(c3cccc4c3CN(C3CCC(=O)NC3=O)C4=O)CC2)cc1F. The van der Waals surface area contributed by atoms with E-state index in [-0.39, 0.29) is 23.8 Å². The van der Waals surface area contributed by atoms with Crippen molar-refractivity contribution in [1.29, 1.82) is 0 Å². The average Bonchev–Trinajstić information content (AvgIpc) is 3.20. The van der Waals surface area contributed by atoms with E-state index in [2.05, 4.69) is 10.2 Å². The number of nitrogens with zero attached hydrogens (tertiary/aromatic N) is 2. The molecule has 0 aromatic heterocycles. The van der Waals surface area contributed by atoms with Crippen molar-refractivity contribution >= 4 is 29.3 Å². The monoisotopic (exact) mass is 508 g/mol. The third-order valence-corrected chi connectivity index (χ3v) is 7.51. The molecule has 37 heavy (non-hydrogen) atoms. The zero-order chi connectivity index (χ0) is 26.1. The van der Waals surface area contributed by atoms with Crippen molar-refractivity contribution < 1.29 is 28.3 Å². The second-order valence-electron chi connectivity index (χ2n) is 9.78. The molecule has 3 aliphatic rings. The Morgan fingerprint density at radius 1 is 1.11 bits per heavy atom. The number of benzene rings is 2. The van der Waals surface area contributed by atoms with E-state index in [1.807, 2.05) is 12.1 Å². The Hall–Kier alpha value is -3.95. The summed E-state index contributed by atoms with van der Waals surface area (Å²) in [6.07, 6.45) is 3.30. The molecule has 0 aliphatic carbocycles. The van der Waals surface area contributed by atoms with Gasteiger partial charge in [0.05, 0.1) is 12.2 Å². The Morgan fingerprint density at radius 2 is 1.89 bits per heavy atom. The van der Waals surface area contributed by atoms with Crippen LogP contribution in [0.2, 0.25) is 0 Å². The quantitative estimate of drug-likeness (QED) is 0.554. The lowest BCUT2D eigenvalue weighted by molar-refractivity contribution is -0.136. The summed E-state index contributed by atoms with van der Waals surface area (Å²) in [5.41, 5.74) is 7.54. The number of primary amides is 1. The average molecular weight is 509 g/mol. The van der Waals surface area contributed by atoms with Crippen molar-refractivity contribution in [2.45, 2.75) is 44.7 Å². The summed E-state index contributed by atoms with van der Waals surface area (Å²) in [4.78, 5) is 52.0. The molecule has 0 bridgehead atoms. The predicted octanol–water partition coefficient (Wildman–Crippen LogP) is 2.37. The van der Waals surface area contributed by atoms with Gasteiger partial charge >= 0.3 is 0 Å². The summed E-state index contributed by atoms with van der Waals surface area (Å²) >= 11 is 0. The number of ether oxygens (including phenoxy) is 1. The van der Waals surface area contributed by atoms with Gasteiger partial charge in [-0.05, 0) is 55.9 Å². The maximum absolute atomic E-state index is 13.9. The minimum Gasteiger partial charge on any atom is -0.493 e. The summed E-state index contributed by atoms with van der Waals surface area (Å²) in [5, 5.41) is 2.34. The first-order chi connectivity index (χ1) is 17.8. The van der Waals surface area contributed by atoms with Crippen molar-refractivity contribution in [3.63, 3.8) is 0 Å². The number of rotatable bonds is 7. The number of halogens is 1. The number of imide groups is 1. The van der Waals surface area contributed by atoms with Crippen molar-refractivity contribution in [2.75, 3.05) is 24.6 Å². The number of piperidine rings is 2. The molecule has 1 unspecified atom stereocenters. The topological polar surface area (TPSA) is 122 Å². The summed E-state index contributed by atoms with van der Waals surface area (Å²) in [6, 6.07) is 9.12. The van der Waals surface area contributed by atoms with Gasteiger partial charge in [-0.2, -0.15) is 0 Å². The normalized spacial score (nSPS) is 20.1. The van der Waals surface area contributed by atoms with E-state index in [1.54, 1.807) is 17.0 Å². The first-order valence-corrected chi connectivity index (χ1v) is 12.6. The lowest BCUT2D eigenvalue weighted by Crippen LogP contribution is -2.52. The van der Waals surface area contributed by atoms with Gasteiger partial charge in [-0.1, -0.05) is 6.07 Å². The molecule has 3 N–H and O–H groups in total. The lowest BCUT2D eigenvalue weighted by Gasteiger charge is -2.35. The molecule has 10 heteroatoms. The van der Waals surface area contributed by atoms with Crippen molar-refractivity contribution in [2.24, 2.45) is 11.7 Å². The zero-order valence-electron chi connectivity index (χ0n) is 20.4. The second kappa shape index (κ2) is 10.2. The smallest absolute Gasteiger partial charge is 0.255 e. The number of nitrogens with two attached hydrogens (primary N) is 1. The highest BCUT2D eigenvalue weighted by Crippen LogP contribution is 2.36. The van der Waals surface area contributed by atoms with Crippen molar-refractivity contribution in [1.82, 2.24) is 10.2 Å². The van der Waals surface area contributed by atoms with Crippen molar-refractivity contribution in [3.8, 4) is 5.75 Å². The Bertz CT molecular complexity index is 1260. The van der Waals surface area contributed by atoms with Gasteiger partial charge in [0.1, 0.15) is 17.6 Å². The van der Waals surface area contributed by atoms with Crippen LogP contribution in [0, 0.1) is 11.7 Å². The van der Waals surface area contributed by atoms with Crippen LogP contribution in [0.25, 0.3) is 0 Å². The Kier molecular flexibility index (Phi) is 6.82. The summed E-state index contributed by atoms with van der Waals surface area (Å²) in [6.45, 7) is 2.46. The molecule has 0 saturated carbocycles. The third kappa shape index (κ3) is 5.00. The van der Waals surface area contributed by atoms with E-state index in [1.165, 1.54) is 12.1 Å². The van der Waals surface area contributed by atoms with E-state index in [4.69, 9.17) is 10.5 Å². The molecule has 2 aromatic carbocycles. The highest BCUT2D eigenvalue weighted by atomic mass is 19.1. The molecule has 2 saturated heterocycles. The summed E-state index contributed by atoms with van der Waals surface area (Å²) in [5.74, 6) is -1.56. The van der Waals surface area contributed by atoms with Gasteiger partial charge in [-0.3, -0.25) is 24.5 Å². The van der Waals surface area contributed by atoms with Gasteiger partial charge in [0.2, 0.25) is 11.8 Å². The molecule has 2 fully saturated rings. The van der Waals surface area contributed by atoms with E-state index >= 15 is 0 Å². The molecular formula is C27H29FN4O5. The minimum atomic E-state index is -0.812. The van der Waals surface area contributed by atoms with Gasteiger partial charge in [0.25, 0.3) is 11.8 Å². The first kappa shape index (κ1) is 24.7. The standard InChI is InChI=1S/C27H29FN4O5/c28-21-14-17(4-5-19(21)25(29)34)37-13-10-16-8-11-31(12-9-16)22-3-1-2-18-20(22)15-32(27(18)36)23-6-7-24(33)30-26(23)35/h1-5,14,16,23H,6-13,15H2,(H2,29,34)(H,30,33,35). The van der Waals surface area contributed by atoms with E-state index in [0.717, 1.165) is 43.6 Å². The maximum atomic E-state index is 13.9. The summed E-state index contributed by atoms with van der Waals surface area (Å²) in [7, 11) is 0. The van der Waals surface area contributed by atoms with Crippen LogP contribution in [0.1, 0.15) is 58.4 Å². The second-order valence-corrected chi connectivity index (χ2v) is 9.78. The van der Waals surface area contributed by atoms with Gasteiger partial charge in [0.15, 0.2) is 0 Å². The molecule has 5 rings (SSSR count). The van der Waals surface area contributed by atoms with Crippen LogP contribution in [0.3, 0.4) is 0 Å². The van der Waals surface area contributed by atoms with E-state index < -0.39 is 23.7 Å². The first-order valence-electron chi connectivity index (χ1n) is 12.6. The van der Waals surface area contributed by atoms with Crippen LogP contribution >= 0.6 is 0 Å². The molecule has 0 radical (unpaired) electrons. The van der Waals surface area contributed by atoms with Crippen molar-refractivity contribution in [3.05, 3.63) is 58.9 Å². The third-order valence-electron chi connectivity index (χ3n) is 7.51. The van der Waals surface area contributed by atoms with Crippen LogP contribution in [0.4, 0.5) is 10.1 Å². The molecule has 9 nitrogen and oxygen atoms in total. The van der Waals surface area contributed by atoms with Gasteiger partial charge < -0.3 is 20.3 Å². The van der Waals surface area contributed by atoms with Crippen LogP contribution in [0.15, 0.2) is 36.4 Å². The molecule has 194 valence electrons. The number of hydrogen-bond acceptors (Lipinski definition) is 6. The number of nitrogens with one attached hydrogen (secondary N) is 1. The zero-order valence-corrected chi connectivity index (χ0v) is 20.4. The number of fused-ring (bicyclic) bond motifs is 1. The molecule has 1 atom stereocenters.